The molecular weight excluding hydrogens is 228 g/mol. The van der Waals surface area contributed by atoms with E-state index in [4.69, 9.17) is 4.74 Å². The Morgan fingerprint density at radius 3 is 2.17 bits per heavy atom. The molecule has 98 valence electrons. The second kappa shape index (κ2) is 7.64. The van der Waals surface area contributed by atoms with Gasteiger partial charge in [0.2, 0.25) is 0 Å². The summed E-state index contributed by atoms with van der Waals surface area (Å²) in [6.07, 6.45) is 4.34. The molecule has 0 heterocycles. The van der Waals surface area contributed by atoms with Gasteiger partial charge >= 0.3 is 5.97 Å². The molecular formula is C15H20O3. The van der Waals surface area contributed by atoms with E-state index in [1.54, 1.807) is 24.3 Å². The van der Waals surface area contributed by atoms with Gasteiger partial charge in [-0.2, -0.15) is 0 Å². The molecule has 0 spiro atoms. The summed E-state index contributed by atoms with van der Waals surface area (Å²) in [5, 5.41) is 0. The molecule has 0 unspecified atom stereocenters. The molecule has 0 fully saturated rings. The highest BCUT2D eigenvalue weighted by molar-refractivity contribution is 5.96. The Kier molecular flexibility index (Phi) is 6.12. The molecule has 3 nitrogen and oxygen atoms in total. The molecule has 0 radical (unpaired) electrons. The largest absolute Gasteiger partial charge is 0.462 e. The van der Waals surface area contributed by atoms with Crippen LogP contribution in [0, 0.1) is 0 Å². The lowest BCUT2D eigenvalue weighted by Crippen LogP contribution is -2.06. The predicted octanol–water partition coefficient (Wildman–Crippen LogP) is 3.63. The molecule has 0 aromatic heterocycles. The fourth-order valence-electron chi connectivity index (χ4n) is 1.62. The highest BCUT2D eigenvalue weighted by Gasteiger charge is 2.07. The van der Waals surface area contributed by atoms with Gasteiger partial charge in [-0.1, -0.05) is 38.3 Å². The number of benzene rings is 1. The molecule has 18 heavy (non-hydrogen) atoms. The van der Waals surface area contributed by atoms with E-state index in [9.17, 15) is 9.59 Å². The van der Waals surface area contributed by atoms with E-state index in [-0.39, 0.29) is 11.8 Å². The lowest BCUT2D eigenvalue weighted by atomic mass is 10.1. The molecule has 0 bridgehead atoms. The molecule has 0 atom stereocenters. The minimum atomic E-state index is -0.318. The third kappa shape index (κ3) is 4.70. The van der Waals surface area contributed by atoms with Gasteiger partial charge in [-0.3, -0.25) is 4.79 Å². The van der Waals surface area contributed by atoms with E-state index < -0.39 is 0 Å². The summed E-state index contributed by atoms with van der Waals surface area (Å²) in [6, 6.07) is 6.56. The molecule has 0 aliphatic carbocycles. The van der Waals surface area contributed by atoms with Crippen molar-refractivity contribution in [3.05, 3.63) is 35.4 Å². The van der Waals surface area contributed by atoms with Crippen molar-refractivity contribution in [2.75, 3.05) is 6.61 Å². The number of unbranched alkanes of at least 4 members (excludes halogenated alkanes) is 3. The number of hydrogen-bond acceptors (Lipinski definition) is 3. The average molecular weight is 248 g/mol. The van der Waals surface area contributed by atoms with Crippen molar-refractivity contribution in [3.63, 3.8) is 0 Å². The van der Waals surface area contributed by atoms with Crippen LogP contribution in [0.3, 0.4) is 0 Å². The van der Waals surface area contributed by atoms with Gasteiger partial charge in [-0.15, -0.1) is 0 Å². The maximum absolute atomic E-state index is 11.7. The minimum absolute atomic E-state index is 0.00511. The summed E-state index contributed by atoms with van der Waals surface area (Å²) in [6.45, 7) is 4.11. The number of carbonyl (C=O) groups excluding carboxylic acids is 2. The van der Waals surface area contributed by atoms with Crippen LogP contribution in [0.5, 0.6) is 0 Å². The molecule has 0 saturated carbocycles. The summed E-state index contributed by atoms with van der Waals surface area (Å²) >= 11 is 0. The van der Waals surface area contributed by atoms with Crippen LogP contribution in [0.2, 0.25) is 0 Å². The van der Waals surface area contributed by atoms with Crippen molar-refractivity contribution in [3.8, 4) is 0 Å². The van der Waals surface area contributed by atoms with E-state index in [0.29, 0.717) is 17.7 Å². The van der Waals surface area contributed by atoms with Gasteiger partial charge in [0.1, 0.15) is 0 Å². The zero-order chi connectivity index (χ0) is 13.4. The standard InChI is InChI=1S/C15H20O3/c1-3-4-5-6-11-18-15(17)14-9-7-13(8-10-14)12(2)16/h7-10H,3-6,11H2,1-2H3. The number of ether oxygens (including phenoxy) is 1. The van der Waals surface area contributed by atoms with E-state index in [1.165, 1.54) is 19.8 Å². The van der Waals surface area contributed by atoms with Crippen LogP contribution < -0.4 is 0 Å². The second-order valence-electron chi connectivity index (χ2n) is 4.33. The van der Waals surface area contributed by atoms with Gasteiger partial charge in [-0.25, -0.2) is 4.79 Å². The first-order valence-corrected chi connectivity index (χ1v) is 6.43. The monoisotopic (exact) mass is 248 g/mol. The van der Waals surface area contributed by atoms with Crippen molar-refractivity contribution in [2.45, 2.75) is 39.5 Å². The average Bonchev–Trinajstić information content (AvgIpc) is 2.38. The van der Waals surface area contributed by atoms with E-state index >= 15 is 0 Å². The van der Waals surface area contributed by atoms with Gasteiger partial charge in [0.25, 0.3) is 0 Å². The predicted molar refractivity (Wildman–Crippen MR) is 70.9 cm³/mol. The Hall–Kier alpha value is -1.64. The number of ketones is 1. The summed E-state index contributed by atoms with van der Waals surface area (Å²) < 4.78 is 5.15. The Morgan fingerprint density at radius 2 is 1.61 bits per heavy atom. The number of Topliss-reactive ketones (excluding diaryl/α,β-unsaturated/α-hetero) is 1. The van der Waals surface area contributed by atoms with Gasteiger partial charge < -0.3 is 4.74 Å². The second-order valence-corrected chi connectivity index (χ2v) is 4.33. The summed E-state index contributed by atoms with van der Waals surface area (Å²) in [5.41, 5.74) is 1.10. The SMILES string of the molecule is CCCCCCOC(=O)c1ccc(C(C)=O)cc1. The summed E-state index contributed by atoms with van der Waals surface area (Å²) in [4.78, 5) is 22.7. The van der Waals surface area contributed by atoms with Crippen molar-refractivity contribution >= 4 is 11.8 Å². The smallest absolute Gasteiger partial charge is 0.338 e. The zero-order valence-electron chi connectivity index (χ0n) is 11.1. The zero-order valence-corrected chi connectivity index (χ0v) is 11.1. The van der Waals surface area contributed by atoms with Gasteiger partial charge in [0, 0.05) is 5.56 Å². The first-order valence-electron chi connectivity index (χ1n) is 6.43. The third-order valence-electron chi connectivity index (χ3n) is 2.76. The number of esters is 1. The van der Waals surface area contributed by atoms with Gasteiger partial charge in [0.15, 0.2) is 5.78 Å². The lowest BCUT2D eigenvalue weighted by Gasteiger charge is -2.05. The summed E-state index contributed by atoms with van der Waals surface area (Å²) in [7, 11) is 0. The van der Waals surface area contributed by atoms with Crippen molar-refractivity contribution in [1.82, 2.24) is 0 Å². The van der Waals surface area contributed by atoms with Gasteiger partial charge in [-0.05, 0) is 25.5 Å². The number of hydrogen-bond donors (Lipinski definition) is 0. The highest BCUT2D eigenvalue weighted by Crippen LogP contribution is 2.07. The van der Waals surface area contributed by atoms with Gasteiger partial charge in [0.05, 0.1) is 12.2 Å². The maximum Gasteiger partial charge on any atom is 0.338 e. The van der Waals surface area contributed by atoms with Crippen molar-refractivity contribution in [2.24, 2.45) is 0 Å². The van der Waals surface area contributed by atoms with Crippen LogP contribution in [0.15, 0.2) is 24.3 Å². The van der Waals surface area contributed by atoms with Crippen LogP contribution in [0.1, 0.15) is 60.2 Å². The van der Waals surface area contributed by atoms with Crippen LogP contribution in [0.4, 0.5) is 0 Å². The van der Waals surface area contributed by atoms with Crippen LogP contribution in [-0.4, -0.2) is 18.4 Å². The van der Waals surface area contributed by atoms with Crippen LogP contribution >= 0.6 is 0 Å². The molecule has 1 aromatic rings. The Labute approximate surface area is 108 Å². The lowest BCUT2D eigenvalue weighted by molar-refractivity contribution is 0.0497. The van der Waals surface area contributed by atoms with E-state index in [2.05, 4.69) is 6.92 Å². The Morgan fingerprint density at radius 1 is 1.00 bits per heavy atom. The maximum atomic E-state index is 11.7. The molecule has 0 N–H and O–H groups in total. The fraction of sp³-hybridized carbons (Fsp3) is 0.467. The van der Waals surface area contributed by atoms with Crippen molar-refractivity contribution in [1.29, 1.82) is 0 Å². The molecule has 0 aliphatic rings. The molecule has 0 aliphatic heterocycles. The normalized spacial score (nSPS) is 10.1. The molecule has 0 amide bonds. The first-order chi connectivity index (χ1) is 8.65. The number of carbonyl (C=O) groups is 2. The Balaban J connectivity index is 2.39. The quantitative estimate of drug-likeness (QED) is 0.420. The summed E-state index contributed by atoms with van der Waals surface area (Å²) in [5.74, 6) is -0.323. The molecule has 3 heteroatoms. The van der Waals surface area contributed by atoms with Crippen molar-refractivity contribution < 1.29 is 14.3 Å². The van der Waals surface area contributed by atoms with Crippen LogP contribution in [-0.2, 0) is 4.74 Å². The topological polar surface area (TPSA) is 43.4 Å². The van der Waals surface area contributed by atoms with Crippen LogP contribution in [0.25, 0.3) is 0 Å². The number of rotatable bonds is 7. The van der Waals surface area contributed by atoms with E-state index in [1.807, 2.05) is 0 Å². The minimum Gasteiger partial charge on any atom is -0.462 e. The Bertz CT molecular complexity index is 393. The highest BCUT2D eigenvalue weighted by atomic mass is 16.5. The third-order valence-corrected chi connectivity index (χ3v) is 2.76. The fourth-order valence-corrected chi connectivity index (χ4v) is 1.62. The first kappa shape index (κ1) is 14.4. The van der Waals surface area contributed by atoms with E-state index in [0.717, 1.165) is 12.8 Å². The molecule has 1 aromatic carbocycles. The molecule has 1 rings (SSSR count). The molecule has 0 saturated heterocycles.